The summed E-state index contributed by atoms with van der Waals surface area (Å²) < 4.78 is 22.9. The van der Waals surface area contributed by atoms with Crippen LogP contribution in [-0.2, 0) is 16.3 Å². The topological polar surface area (TPSA) is 46.2 Å². The van der Waals surface area contributed by atoms with Crippen molar-refractivity contribution < 1.29 is 8.42 Å². The molecule has 0 aliphatic heterocycles. The molecule has 1 N–H and O–H groups in total. The molecule has 18 heavy (non-hydrogen) atoms. The molecule has 1 aromatic carbocycles. The van der Waals surface area contributed by atoms with Crippen LogP contribution >= 0.6 is 11.6 Å². The average molecular weight is 290 g/mol. The summed E-state index contributed by atoms with van der Waals surface area (Å²) in [4.78, 5) is 0. The first-order valence-corrected chi connectivity index (χ1v) is 8.07. The molecule has 3 nitrogen and oxygen atoms in total. The van der Waals surface area contributed by atoms with Crippen molar-refractivity contribution in [3.63, 3.8) is 0 Å². The summed E-state index contributed by atoms with van der Waals surface area (Å²) in [5, 5.41) is 3.76. The average Bonchev–Trinajstić information content (AvgIpc) is 2.26. The lowest BCUT2D eigenvalue weighted by Crippen LogP contribution is -2.51. The second-order valence-corrected chi connectivity index (χ2v) is 8.02. The number of nitrogens with one attached hydrogen (secondary N) is 1. The number of rotatable bonds is 5. The lowest BCUT2D eigenvalue weighted by atomic mass is 9.95. The number of hydrogen-bond donors (Lipinski definition) is 1. The van der Waals surface area contributed by atoms with Crippen LogP contribution in [0.1, 0.15) is 19.4 Å². The van der Waals surface area contributed by atoms with E-state index in [0.29, 0.717) is 11.4 Å². The minimum Gasteiger partial charge on any atom is -0.315 e. The van der Waals surface area contributed by atoms with Crippen LogP contribution in [0.5, 0.6) is 0 Å². The van der Waals surface area contributed by atoms with E-state index in [4.69, 9.17) is 11.6 Å². The third-order valence-corrected chi connectivity index (χ3v) is 6.09. The zero-order valence-corrected chi connectivity index (χ0v) is 12.8. The molecule has 0 saturated carbocycles. The van der Waals surface area contributed by atoms with Gasteiger partial charge in [-0.05, 0) is 38.9 Å². The lowest BCUT2D eigenvalue weighted by molar-refractivity contribution is 0.431. The Morgan fingerprint density at radius 2 is 1.89 bits per heavy atom. The van der Waals surface area contributed by atoms with E-state index in [-0.39, 0.29) is 6.04 Å². The van der Waals surface area contributed by atoms with Gasteiger partial charge in [-0.25, -0.2) is 8.42 Å². The van der Waals surface area contributed by atoms with Gasteiger partial charge in [-0.3, -0.25) is 0 Å². The van der Waals surface area contributed by atoms with Crippen LogP contribution in [-0.4, -0.2) is 32.5 Å². The highest BCUT2D eigenvalue weighted by molar-refractivity contribution is 7.92. The van der Waals surface area contributed by atoms with Crippen LogP contribution in [0.4, 0.5) is 0 Å². The number of benzene rings is 1. The summed E-state index contributed by atoms with van der Waals surface area (Å²) in [5.74, 6) is 0. The Bertz CT molecular complexity index is 511. The predicted molar refractivity (Wildman–Crippen MR) is 76.9 cm³/mol. The lowest BCUT2D eigenvalue weighted by Gasteiger charge is -2.32. The molecule has 0 aliphatic rings. The molecule has 1 unspecified atom stereocenters. The van der Waals surface area contributed by atoms with Gasteiger partial charge in [0.05, 0.1) is 4.75 Å². The predicted octanol–water partition coefficient (Wildman–Crippen LogP) is 2.29. The number of likely N-dealkylation sites (N-methyl/N-ethyl adjacent to an activating group) is 1. The fraction of sp³-hybridized carbons (Fsp3) is 0.538. The summed E-state index contributed by atoms with van der Waals surface area (Å²) in [6, 6.07) is 7.32. The first-order valence-electron chi connectivity index (χ1n) is 5.80. The maximum Gasteiger partial charge on any atom is 0.154 e. The van der Waals surface area contributed by atoms with Crippen LogP contribution in [0.15, 0.2) is 24.3 Å². The highest BCUT2D eigenvalue weighted by Gasteiger charge is 2.38. The standard InChI is InChI=1S/C13H20ClNO2S/c1-13(2,18(4,16)17)12(15-3)9-10-7-5-6-8-11(10)14/h5-8,12,15H,9H2,1-4H3. The van der Waals surface area contributed by atoms with Crippen LogP contribution in [0.3, 0.4) is 0 Å². The summed E-state index contributed by atoms with van der Waals surface area (Å²) in [6.07, 6.45) is 1.85. The first kappa shape index (κ1) is 15.5. The Labute approximate surface area is 114 Å². The van der Waals surface area contributed by atoms with Gasteiger partial charge in [0.2, 0.25) is 0 Å². The van der Waals surface area contributed by atoms with Crippen molar-refractivity contribution in [2.24, 2.45) is 0 Å². The third kappa shape index (κ3) is 3.25. The van der Waals surface area contributed by atoms with E-state index in [2.05, 4.69) is 5.32 Å². The van der Waals surface area contributed by atoms with Gasteiger partial charge in [-0.2, -0.15) is 0 Å². The van der Waals surface area contributed by atoms with Crippen molar-refractivity contribution in [1.82, 2.24) is 5.32 Å². The fourth-order valence-corrected chi connectivity index (χ4v) is 2.77. The maximum absolute atomic E-state index is 11.9. The van der Waals surface area contributed by atoms with E-state index < -0.39 is 14.6 Å². The van der Waals surface area contributed by atoms with E-state index in [1.807, 2.05) is 24.3 Å². The summed E-state index contributed by atoms with van der Waals surface area (Å²) in [6.45, 7) is 3.47. The number of sulfone groups is 1. The Morgan fingerprint density at radius 3 is 2.33 bits per heavy atom. The van der Waals surface area contributed by atoms with Gasteiger partial charge in [-0.15, -0.1) is 0 Å². The fourth-order valence-electron chi connectivity index (χ4n) is 1.84. The van der Waals surface area contributed by atoms with Gasteiger partial charge in [0.15, 0.2) is 9.84 Å². The molecule has 1 rings (SSSR count). The van der Waals surface area contributed by atoms with Gasteiger partial charge in [0.1, 0.15) is 0 Å². The molecular weight excluding hydrogens is 270 g/mol. The Kier molecular flexibility index (Phi) is 4.81. The Balaban J connectivity index is 3.04. The van der Waals surface area contributed by atoms with Gasteiger partial charge in [0, 0.05) is 17.3 Å². The molecule has 0 aromatic heterocycles. The molecule has 1 atom stereocenters. The zero-order valence-electron chi connectivity index (χ0n) is 11.2. The van der Waals surface area contributed by atoms with Crippen molar-refractivity contribution in [2.75, 3.05) is 13.3 Å². The van der Waals surface area contributed by atoms with Crippen molar-refractivity contribution in [1.29, 1.82) is 0 Å². The minimum absolute atomic E-state index is 0.188. The normalized spacial score (nSPS) is 14.5. The summed E-state index contributed by atoms with van der Waals surface area (Å²) >= 11 is 6.11. The molecule has 1 aromatic rings. The summed E-state index contributed by atoms with van der Waals surface area (Å²) in [7, 11) is -1.38. The molecule has 0 aliphatic carbocycles. The quantitative estimate of drug-likeness (QED) is 0.905. The number of hydrogen-bond acceptors (Lipinski definition) is 3. The van der Waals surface area contributed by atoms with E-state index >= 15 is 0 Å². The molecule has 0 saturated heterocycles. The molecule has 5 heteroatoms. The third-order valence-electron chi connectivity index (χ3n) is 3.53. The molecule has 0 spiro atoms. The molecule has 0 radical (unpaired) electrons. The largest absolute Gasteiger partial charge is 0.315 e. The SMILES string of the molecule is CNC(Cc1ccccc1Cl)C(C)(C)S(C)(=O)=O. The van der Waals surface area contributed by atoms with Crippen molar-refractivity contribution >= 4 is 21.4 Å². The number of halogens is 1. The van der Waals surface area contributed by atoms with Gasteiger partial charge < -0.3 is 5.32 Å². The van der Waals surface area contributed by atoms with Crippen LogP contribution in [0.25, 0.3) is 0 Å². The van der Waals surface area contributed by atoms with E-state index in [1.54, 1.807) is 20.9 Å². The second kappa shape index (κ2) is 5.59. The highest BCUT2D eigenvalue weighted by atomic mass is 35.5. The van der Waals surface area contributed by atoms with Gasteiger partial charge >= 0.3 is 0 Å². The smallest absolute Gasteiger partial charge is 0.154 e. The highest BCUT2D eigenvalue weighted by Crippen LogP contribution is 2.25. The van der Waals surface area contributed by atoms with Crippen LogP contribution in [0.2, 0.25) is 5.02 Å². The molecule has 0 amide bonds. The maximum atomic E-state index is 11.9. The van der Waals surface area contributed by atoms with E-state index in [1.165, 1.54) is 6.26 Å². The van der Waals surface area contributed by atoms with Crippen LogP contribution in [0, 0.1) is 0 Å². The van der Waals surface area contributed by atoms with E-state index in [0.717, 1.165) is 5.56 Å². The van der Waals surface area contributed by atoms with Gasteiger partial charge in [-0.1, -0.05) is 29.8 Å². The van der Waals surface area contributed by atoms with Gasteiger partial charge in [0.25, 0.3) is 0 Å². The zero-order chi connectivity index (χ0) is 14.0. The second-order valence-electron chi connectivity index (χ2n) is 5.01. The van der Waals surface area contributed by atoms with Crippen molar-refractivity contribution in [3.05, 3.63) is 34.9 Å². The molecule has 102 valence electrons. The minimum atomic E-state index is -3.15. The molecule has 0 bridgehead atoms. The molecule has 0 heterocycles. The molecule has 0 fully saturated rings. The van der Waals surface area contributed by atoms with E-state index in [9.17, 15) is 8.42 Å². The summed E-state index contributed by atoms with van der Waals surface area (Å²) in [5.41, 5.74) is 0.954. The Morgan fingerprint density at radius 1 is 1.33 bits per heavy atom. The van der Waals surface area contributed by atoms with Crippen molar-refractivity contribution in [3.8, 4) is 0 Å². The van der Waals surface area contributed by atoms with Crippen molar-refractivity contribution in [2.45, 2.75) is 31.1 Å². The Hall–Kier alpha value is -0.580. The molecular formula is C13H20ClNO2S. The van der Waals surface area contributed by atoms with Crippen LogP contribution < -0.4 is 5.32 Å². The monoisotopic (exact) mass is 289 g/mol. The first-order chi connectivity index (χ1) is 8.20.